The van der Waals surface area contributed by atoms with Gasteiger partial charge >= 0.3 is 23.9 Å². The zero-order valence-electron chi connectivity index (χ0n) is 24.5. The Morgan fingerprint density at radius 1 is 0.829 bits per heavy atom. The number of carboxylic acid groups (broad SMARTS) is 2. The Bertz CT molecular complexity index is 1050. The maximum Gasteiger partial charge on any atom is 0.320 e. The fraction of sp³-hybridized carbons (Fsp3) is 0.593. The maximum absolute atomic E-state index is 12.7. The number of aliphatic carboxylic acids is 2. The van der Waals surface area contributed by atoms with Gasteiger partial charge in [-0.25, -0.2) is 5.84 Å². The van der Waals surface area contributed by atoms with E-state index in [9.17, 15) is 34.2 Å². The molecule has 14 nitrogen and oxygen atoms in total. The lowest BCUT2D eigenvalue weighted by Gasteiger charge is -2.34. The second-order valence-corrected chi connectivity index (χ2v) is 11.4. The first-order valence-electron chi connectivity index (χ1n) is 12.9. The van der Waals surface area contributed by atoms with E-state index in [1.54, 1.807) is 65.8 Å². The van der Waals surface area contributed by atoms with Crippen molar-refractivity contribution in [2.45, 2.75) is 65.2 Å². The van der Waals surface area contributed by atoms with Crippen LogP contribution < -0.4 is 16.0 Å². The van der Waals surface area contributed by atoms with Gasteiger partial charge in [-0.1, -0.05) is 12.1 Å². The quantitative estimate of drug-likeness (QED) is 0.0906. The average molecular weight is 583 g/mol. The topological polar surface area (TPSA) is 198 Å². The van der Waals surface area contributed by atoms with Gasteiger partial charge in [0.2, 0.25) is 0 Å². The monoisotopic (exact) mass is 582 g/mol. The Morgan fingerprint density at radius 3 is 1.80 bits per heavy atom. The fourth-order valence-corrected chi connectivity index (χ4v) is 3.75. The third-order valence-electron chi connectivity index (χ3n) is 5.13. The van der Waals surface area contributed by atoms with Crippen molar-refractivity contribution in [1.82, 2.24) is 15.2 Å². The van der Waals surface area contributed by atoms with Crippen LogP contribution in [-0.2, 0) is 39.9 Å². The molecule has 0 fully saturated rings. The Kier molecular flexibility index (Phi) is 13.7. The number of hydrogen-bond donors (Lipinski definition) is 4. The van der Waals surface area contributed by atoms with E-state index in [-0.39, 0.29) is 26.1 Å². The molecule has 0 aliphatic rings. The van der Waals surface area contributed by atoms with Gasteiger partial charge in [0.1, 0.15) is 17.0 Å². The van der Waals surface area contributed by atoms with Crippen molar-refractivity contribution >= 4 is 29.8 Å². The second-order valence-electron chi connectivity index (χ2n) is 11.4. The number of hydrazine groups is 1. The van der Waals surface area contributed by atoms with E-state index in [4.69, 9.17) is 20.1 Å². The molecule has 0 aromatic heterocycles. The molecule has 5 N–H and O–H groups in total. The summed E-state index contributed by atoms with van der Waals surface area (Å²) in [5, 5.41) is 19.1. The zero-order chi connectivity index (χ0) is 31.4. The van der Waals surface area contributed by atoms with Gasteiger partial charge in [0.15, 0.2) is 6.61 Å². The molecule has 230 valence electrons. The third kappa shape index (κ3) is 16.2. The summed E-state index contributed by atoms with van der Waals surface area (Å²) >= 11 is 0. The van der Waals surface area contributed by atoms with E-state index < -0.39 is 66.7 Å². The van der Waals surface area contributed by atoms with Crippen LogP contribution in [0, 0.1) is 0 Å². The van der Waals surface area contributed by atoms with E-state index >= 15 is 0 Å². The number of rotatable bonds is 16. The summed E-state index contributed by atoms with van der Waals surface area (Å²) < 4.78 is 16.1. The normalized spacial score (nSPS) is 12.5. The number of carbonyl (C=O) groups is 5. The minimum Gasteiger partial charge on any atom is -0.484 e. The minimum atomic E-state index is -1.21. The van der Waals surface area contributed by atoms with Crippen molar-refractivity contribution in [1.29, 1.82) is 0 Å². The second kappa shape index (κ2) is 15.9. The van der Waals surface area contributed by atoms with Crippen LogP contribution >= 0.6 is 0 Å². The number of nitrogens with two attached hydrogens (primary N) is 1. The van der Waals surface area contributed by atoms with Crippen LogP contribution in [0.3, 0.4) is 0 Å². The Balaban J connectivity index is 3.33. The first-order chi connectivity index (χ1) is 18.9. The molecule has 0 saturated carbocycles. The van der Waals surface area contributed by atoms with Gasteiger partial charge in [-0.15, -0.1) is 0 Å². The van der Waals surface area contributed by atoms with Crippen LogP contribution in [0.4, 0.5) is 0 Å². The highest BCUT2D eigenvalue weighted by Crippen LogP contribution is 2.18. The highest BCUT2D eigenvalue weighted by molar-refractivity contribution is 5.77. The molecule has 1 unspecified atom stereocenters. The summed E-state index contributed by atoms with van der Waals surface area (Å²) in [7, 11) is 0. The third-order valence-corrected chi connectivity index (χ3v) is 5.13. The number of carbonyl (C=O) groups excluding carboxylic acids is 3. The lowest BCUT2D eigenvalue weighted by Crippen LogP contribution is -2.51. The molecule has 14 heteroatoms. The van der Waals surface area contributed by atoms with E-state index in [2.05, 4.69) is 0 Å². The molecule has 1 aromatic carbocycles. The Labute approximate surface area is 239 Å². The molecule has 1 rings (SSSR count). The van der Waals surface area contributed by atoms with Crippen LogP contribution in [0.2, 0.25) is 0 Å². The molecular weight excluding hydrogens is 540 g/mol. The van der Waals surface area contributed by atoms with Gasteiger partial charge in [0.25, 0.3) is 5.91 Å². The molecule has 0 spiro atoms. The number of ether oxygens (including phenoxy) is 3. The summed E-state index contributed by atoms with van der Waals surface area (Å²) in [6, 6.07) is 5.83. The molecular formula is C27H42N4O10. The number of hydrogen-bond acceptors (Lipinski definition) is 11. The van der Waals surface area contributed by atoms with Crippen molar-refractivity contribution < 1.29 is 48.4 Å². The Hall–Kier alpha value is -3.75. The van der Waals surface area contributed by atoms with Crippen molar-refractivity contribution in [3.8, 4) is 5.75 Å². The lowest BCUT2D eigenvalue weighted by atomic mass is 10.0. The average Bonchev–Trinajstić information content (AvgIpc) is 2.79. The van der Waals surface area contributed by atoms with Gasteiger partial charge in [-0.3, -0.25) is 39.2 Å². The van der Waals surface area contributed by atoms with Crippen molar-refractivity contribution in [3.05, 3.63) is 29.8 Å². The molecule has 0 heterocycles. The first kappa shape index (κ1) is 35.3. The van der Waals surface area contributed by atoms with E-state index in [0.717, 1.165) is 0 Å². The number of nitrogens with zero attached hydrogens (tertiary/aromatic N) is 2. The van der Waals surface area contributed by atoms with Gasteiger partial charge in [-0.05, 0) is 65.7 Å². The standard InChI is InChI=1S/C27H42N4O10/c1-26(2,3)40-24(37)15-30(13-22(33)34)12-19(31(14-23(35)36)16-25(38)41-27(4,5)6)11-18-7-9-20(10-8-18)39-17-21(32)29-28/h7-10,19H,11-17,28H2,1-6H3,(H,29,32)(H,33,34)(H,35,36). The van der Waals surface area contributed by atoms with Crippen molar-refractivity contribution in [2.75, 3.05) is 39.3 Å². The van der Waals surface area contributed by atoms with Gasteiger partial charge in [0, 0.05) is 12.6 Å². The first-order valence-corrected chi connectivity index (χ1v) is 12.9. The Morgan fingerprint density at radius 2 is 1.34 bits per heavy atom. The summed E-state index contributed by atoms with van der Waals surface area (Å²) in [5.41, 5.74) is 1.03. The number of nitrogens with one attached hydrogen (secondary N) is 1. The molecule has 0 saturated heterocycles. The zero-order valence-corrected chi connectivity index (χ0v) is 24.5. The molecule has 1 atom stereocenters. The van der Waals surface area contributed by atoms with Crippen molar-refractivity contribution in [3.63, 3.8) is 0 Å². The molecule has 1 amide bonds. The lowest BCUT2D eigenvalue weighted by molar-refractivity contribution is -0.160. The predicted octanol–water partition coefficient (Wildman–Crippen LogP) is 0.423. The molecule has 0 radical (unpaired) electrons. The van der Waals surface area contributed by atoms with Crippen LogP contribution in [0.1, 0.15) is 47.1 Å². The SMILES string of the molecule is CC(C)(C)OC(=O)CN(CC(=O)O)CC(Cc1ccc(OCC(=O)NN)cc1)N(CC(=O)O)CC(=O)OC(C)(C)C. The van der Waals surface area contributed by atoms with Crippen LogP contribution in [0.5, 0.6) is 5.75 Å². The highest BCUT2D eigenvalue weighted by Gasteiger charge is 2.30. The molecule has 1 aromatic rings. The molecule has 0 aliphatic heterocycles. The van der Waals surface area contributed by atoms with Crippen molar-refractivity contribution in [2.24, 2.45) is 5.84 Å². The molecule has 41 heavy (non-hydrogen) atoms. The van der Waals surface area contributed by atoms with E-state index in [1.165, 1.54) is 9.80 Å². The molecule has 0 aliphatic carbocycles. The number of carboxylic acids is 2. The fourth-order valence-electron chi connectivity index (χ4n) is 3.75. The van der Waals surface area contributed by atoms with Crippen LogP contribution in [0.25, 0.3) is 0 Å². The van der Waals surface area contributed by atoms with E-state index in [0.29, 0.717) is 11.3 Å². The maximum atomic E-state index is 12.7. The summed E-state index contributed by atoms with van der Waals surface area (Å²) in [4.78, 5) is 62.7. The molecule has 0 bridgehead atoms. The van der Waals surface area contributed by atoms with Crippen LogP contribution in [0.15, 0.2) is 24.3 Å². The van der Waals surface area contributed by atoms with Gasteiger partial charge < -0.3 is 24.4 Å². The predicted molar refractivity (Wildman–Crippen MR) is 147 cm³/mol. The number of esters is 2. The van der Waals surface area contributed by atoms with E-state index in [1.807, 2.05) is 5.43 Å². The van der Waals surface area contributed by atoms with Gasteiger partial charge in [0.05, 0.1) is 26.2 Å². The summed E-state index contributed by atoms with van der Waals surface area (Å²) in [5.74, 6) is 1.17. The smallest absolute Gasteiger partial charge is 0.320 e. The number of benzene rings is 1. The highest BCUT2D eigenvalue weighted by atomic mass is 16.6. The summed E-state index contributed by atoms with van der Waals surface area (Å²) in [6.07, 6.45) is 0.171. The minimum absolute atomic E-state index is 0.0868. The largest absolute Gasteiger partial charge is 0.484 e. The summed E-state index contributed by atoms with van der Waals surface area (Å²) in [6.45, 7) is 7.86. The van der Waals surface area contributed by atoms with Crippen LogP contribution in [-0.4, -0.2) is 106 Å². The number of amides is 1. The van der Waals surface area contributed by atoms with Gasteiger partial charge in [-0.2, -0.15) is 0 Å².